The molecule has 0 amide bonds. The van der Waals surface area contributed by atoms with Gasteiger partial charge in [-0.05, 0) is 6.42 Å². The van der Waals surface area contributed by atoms with E-state index < -0.39 is 0 Å². The van der Waals surface area contributed by atoms with Crippen LogP contribution in [0.1, 0.15) is 19.8 Å². The zero-order chi connectivity index (χ0) is 9.68. The van der Waals surface area contributed by atoms with Crippen LogP contribution < -0.4 is 5.73 Å². The molecule has 0 aromatic carbocycles. The van der Waals surface area contributed by atoms with Crippen molar-refractivity contribution >= 4 is 24.4 Å². The van der Waals surface area contributed by atoms with Crippen molar-refractivity contribution in [1.82, 2.24) is 4.90 Å². The molecule has 0 aromatic heterocycles. The number of hydrogen-bond donors (Lipinski definition) is 2. The molecule has 0 spiro atoms. The van der Waals surface area contributed by atoms with E-state index in [4.69, 9.17) is 5.73 Å². The Kier molecular flexibility index (Phi) is 5.55. The average molecular weight is 220 g/mol. The van der Waals surface area contributed by atoms with Crippen LogP contribution in [-0.4, -0.2) is 40.9 Å². The second kappa shape index (κ2) is 6.17. The van der Waals surface area contributed by atoms with E-state index in [0.717, 1.165) is 25.9 Å². The Balaban J connectivity index is 2.31. The van der Waals surface area contributed by atoms with Crippen molar-refractivity contribution in [3.8, 4) is 0 Å². The largest absolute Gasteiger partial charge is 0.326 e. The van der Waals surface area contributed by atoms with Crippen molar-refractivity contribution in [2.75, 3.05) is 24.6 Å². The lowest BCUT2D eigenvalue weighted by atomic mass is 10.1. The summed E-state index contributed by atoms with van der Waals surface area (Å²) in [6.45, 7) is 4.47. The van der Waals surface area contributed by atoms with Gasteiger partial charge in [0.05, 0.1) is 5.37 Å². The molecule has 1 fully saturated rings. The Morgan fingerprint density at radius 1 is 1.46 bits per heavy atom. The highest BCUT2D eigenvalue weighted by Crippen LogP contribution is 2.17. The highest BCUT2D eigenvalue weighted by molar-refractivity contribution is 7.99. The van der Waals surface area contributed by atoms with Crippen LogP contribution in [0.2, 0.25) is 0 Å². The highest BCUT2D eigenvalue weighted by atomic mass is 32.2. The molecule has 0 radical (unpaired) electrons. The van der Waals surface area contributed by atoms with Gasteiger partial charge in [-0.2, -0.15) is 24.4 Å². The van der Waals surface area contributed by atoms with Crippen LogP contribution in [0.25, 0.3) is 0 Å². The third-order valence-corrected chi connectivity index (χ3v) is 4.08. The van der Waals surface area contributed by atoms with Gasteiger partial charge in [-0.1, -0.05) is 13.3 Å². The lowest BCUT2D eigenvalue weighted by Gasteiger charge is -2.34. The molecule has 0 aliphatic carbocycles. The Hall–Kier alpha value is 0.620. The van der Waals surface area contributed by atoms with Gasteiger partial charge in [0.15, 0.2) is 0 Å². The molecular weight excluding hydrogens is 200 g/mol. The first-order chi connectivity index (χ1) is 6.25. The number of rotatable bonds is 4. The molecule has 1 aliphatic rings. The predicted molar refractivity (Wildman–Crippen MR) is 64.6 cm³/mol. The summed E-state index contributed by atoms with van der Waals surface area (Å²) in [6.07, 6.45) is 2.23. The van der Waals surface area contributed by atoms with Crippen molar-refractivity contribution in [2.24, 2.45) is 5.73 Å². The molecule has 1 heterocycles. The van der Waals surface area contributed by atoms with E-state index in [2.05, 4.69) is 24.5 Å². The van der Waals surface area contributed by atoms with Gasteiger partial charge >= 0.3 is 0 Å². The van der Waals surface area contributed by atoms with E-state index in [0.29, 0.717) is 0 Å². The average Bonchev–Trinajstić information content (AvgIpc) is 2.18. The first kappa shape index (κ1) is 11.7. The minimum Gasteiger partial charge on any atom is -0.326 e. The molecule has 0 saturated carbocycles. The minimum absolute atomic E-state index is 0.233. The molecule has 2 N–H and O–H groups in total. The molecule has 0 aromatic rings. The molecule has 13 heavy (non-hydrogen) atoms. The summed E-state index contributed by atoms with van der Waals surface area (Å²) >= 11 is 6.62. The zero-order valence-electron chi connectivity index (χ0n) is 8.28. The van der Waals surface area contributed by atoms with Crippen molar-refractivity contribution in [3.63, 3.8) is 0 Å². The summed E-state index contributed by atoms with van der Waals surface area (Å²) in [7, 11) is 0. The second-order valence-electron chi connectivity index (χ2n) is 3.51. The van der Waals surface area contributed by atoms with Crippen molar-refractivity contribution in [2.45, 2.75) is 31.2 Å². The van der Waals surface area contributed by atoms with Gasteiger partial charge in [-0.25, -0.2) is 0 Å². The zero-order valence-corrected chi connectivity index (χ0v) is 9.99. The van der Waals surface area contributed by atoms with Gasteiger partial charge in [0.25, 0.3) is 0 Å². The Labute approximate surface area is 91.0 Å². The number of thiol groups is 1. The SMILES string of the molecule is CCCC(N)C(S)N1CCSCC1. The van der Waals surface area contributed by atoms with E-state index in [1.807, 2.05) is 11.8 Å². The fourth-order valence-electron chi connectivity index (χ4n) is 1.60. The molecule has 2 nitrogen and oxygen atoms in total. The van der Waals surface area contributed by atoms with E-state index in [-0.39, 0.29) is 11.4 Å². The van der Waals surface area contributed by atoms with Gasteiger partial charge in [0, 0.05) is 30.6 Å². The third kappa shape index (κ3) is 3.70. The van der Waals surface area contributed by atoms with Crippen LogP contribution in [0.15, 0.2) is 0 Å². The Morgan fingerprint density at radius 3 is 2.62 bits per heavy atom. The predicted octanol–water partition coefficient (Wildman–Crippen LogP) is 1.42. The molecule has 2 atom stereocenters. The molecule has 1 saturated heterocycles. The lowest BCUT2D eigenvalue weighted by Crippen LogP contribution is -2.47. The third-order valence-electron chi connectivity index (χ3n) is 2.42. The fourth-order valence-corrected chi connectivity index (χ4v) is 2.91. The first-order valence-electron chi connectivity index (χ1n) is 5.01. The molecule has 0 bridgehead atoms. The number of thioether (sulfide) groups is 1. The molecular formula is C9H20N2S2. The maximum absolute atomic E-state index is 6.03. The lowest BCUT2D eigenvalue weighted by molar-refractivity contribution is 0.252. The Bertz CT molecular complexity index is 138. The molecule has 2 unspecified atom stereocenters. The monoisotopic (exact) mass is 220 g/mol. The maximum atomic E-state index is 6.03. The van der Waals surface area contributed by atoms with Crippen molar-refractivity contribution < 1.29 is 0 Å². The molecule has 1 aliphatic heterocycles. The maximum Gasteiger partial charge on any atom is 0.0681 e. The van der Waals surface area contributed by atoms with Gasteiger partial charge < -0.3 is 5.73 Å². The van der Waals surface area contributed by atoms with E-state index in [9.17, 15) is 0 Å². The summed E-state index contributed by atoms with van der Waals surface area (Å²) in [5.41, 5.74) is 6.03. The van der Waals surface area contributed by atoms with Crippen LogP contribution in [0.3, 0.4) is 0 Å². The molecule has 78 valence electrons. The Morgan fingerprint density at radius 2 is 2.08 bits per heavy atom. The van der Waals surface area contributed by atoms with Crippen LogP contribution in [0, 0.1) is 0 Å². The smallest absolute Gasteiger partial charge is 0.0681 e. The van der Waals surface area contributed by atoms with Gasteiger partial charge in [0.1, 0.15) is 0 Å². The quantitative estimate of drug-likeness (QED) is 0.702. The topological polar surface area (TPSA) is 29.3 Å². The van der Waals surface area contributed by atoms with Crippen LogP contribution in [0.5, 0.6) is 0 Å². The van der Waals surface area contributed by atoms with E-state index in [1.54, 1.807) is 0 Å². The van der Waals surface area contributed by atoms with E-state index in [1.165, 1.54) is 11.5 Å². The molecule has 4 heteroatoms. The van der Waals surface area contributed by atoms with E-state index >= 15 is 0 Å². The van der Waals surface area contributed by atoms with Crippen LogP contribution in [-0.2, 0) is 0 Å². The van der Waals surface area contributed by atoms with Crippen molar-refractivity contribution in [1.29, 1.82) is 0 Å². The highest BCUT2D eigenvalue weighted by Gasteiger charge is 2.22. The summed E-state index contributed by atoms with van der Waals surface area (Å²) < 4.78 is 0. The second-order valence-corrected chi connectivity index (χ2v) is 5.27. The summed E-state index contributed by atoms with van der Waals surface area (Å²) in [5.74, 6) is 2.46. The van der Waals surface area contributed by atoms with Crippen molar-refractivity contribution in [3.05, 3.63) is 0 Å². The molecule has 1 rings (SSSR count). The fraction of sp³-hybridized carbons (Fsp3) is 1.00. The van der Waals surface area contributed by atoms with Crippen LogP contribution >= 0.6 is 24.4 Å². The van der Waals surface area contributed by atoms with Gasteiger partial charge in [-0.15, -0.1) is 0 Å². The van der Waals surface area contributed by atoms with Gasteiger partial charge in [0.2, 0.25) is 0 Å². The number of nitrogens with zero attached hydrogens (tertiary/aromatic N) is 1. The summed E-state index contributed by atoms with van der Waals surface area (Å²) in [6, 6.07) is 0.233. The summed E-state index contributed by atoms with van der Waals surface area (Å²) in [4.78, 5) is 2.40. The van der Waals surface area contributed by atoms with Gasteiger partial charge in [-0.3, -0.25) is 4.90 Å². The normalized spacial score (nSPS) is 24.2. The number of hydrogen-bond acceptors (Lipinski definition) is 4. The standard InChI is InChI=1S/C9H20N2S2/c1-2-3-8(10)9(12)11-4-6-13-7-5-11/h8-9,12H,2-7,10H2,1H3. The first-order valence-corrected chi connectivity index (χ1v) is 6.68. The minimum atomic E-state index is 0.233. The number of nitrogens with two attached hydrogens (primary N) is 1. The van der Waals surface area contributed by atoms with Crippen LogP contribution in [0.4, 0.5) is 0 Å². The summed E-state index contributed by atoms with van der Waals surface area (Å²) in [5, 5.41) is 0.265.